The lowest BCUT2D eigenvalue weighted by Crippen LogP contribution is -2.24. The molecule has 7 nitrogen and oxygen atoms in total. The highest BCUT2D eigenvalue weighted by molar-refractivity contribution is 5.98. The third-order valence-electron chi connectivity index (χ3n) is 5.23. The summed E-state index contributed by atoms with van der Waals surface area (Å²) in [4.78, 5) is 27.0. The minimum absolute atomic E-state index is 0.0353. The molecule has 0 saturated heterocycles. The maximum absolute atomic E-state index is 13.9. The molecule has 0 aliphatic rings. The molecule has 0 fully saturated rings. The Morgan fingerprint density at radius 1 is 1.03 bits per heavy atom. The van der Waals surface area contributed by atoms with Crippen molar-refractivity contribution in [3.05, 3.63) is 66.5 Å². The number of fused-ring (bicyclic) bond motifs is 1. The zero-order chi connectivity index (χ0) is 24.2. The molecule has 4 rings (SSSR count). The summed E-state index contributed by atoms with van der Waals surface area (Å²) in [6.07, 6.45) is 3.56. The van der Waals surface area contributed by atoms with Crippen molar-refractivity contribution in [3.63, 3.8) is 0 Å². The molecule has 2 aromatic carbocycles. The van der Waals surface area contributed by atoms with Gasteiger partial charge in [0.1, 0.15) is 28.7 Å². The molecule has 4 aromatic rings. The maximum Gasteiger partial charge on any atom is 0.223 e. The number of anilines is 1. The molecule has 9 heteroatoms. The number of nitrogens with one attached hydrogen (secondary N) is 1. The van der Waals surface area contributed by atoms with E-state index in [0.29, 0.717) is 51.5 Å². The van der Waals surface area contributed by atoms with E-state index in [-0.39, 0.29) is 12.3 Å². The minimum Gasteiger partial charge on any atom is -0.494 e. The van der Waals surface area contributed by atoms with Gasteiger partial charge in [-0.05, 0) is 47.5 Å². The largest absolute Gasteiger partial charge is 0.494 e. The molecule has 34 heavy (non-hydrogen) atoms. The van der Waals surface area contributed by atoms with Crippen molar-refractivity contribution in [3.8, 4) is 28.3 Å². The van der Waals surface area contributed by atoms with E-state index in [1.165, 1.54) is 24.1 Å². The van der Waals surface area contributed by atoms with Crippen LogP contribution in [0.25, 0.3) is 33.4 Å². The van der Waals surface area contributed by atoms with E-state index in [2.05, 4.69) is 20.3 Å². The van der Waals surface area contributed by atoms with Crippen molar-refractivity contribution in [1.82, 2.24) is 19.9 Å². The molecule has 0 aliphatic carbocycles. The van der Waals surface area contributed by atoms with Crippen LogP contribution < -0.4 is 10.1 Å². The van der Waals surface area contributed by atoms with Crippen molar-refractivity contribution in [2.24, 2.45) is 0 Å². The summed E-state index contributed by atoms with van der Waals surface area (Å²) in [6.45, 7) is 0.330. The minimum atomic E-state index is -0.683. The van der Waals surface area contributed by atoms with Crippen LogP contribution in [0.2, 0.25) is 0 Å². The fourth-order valence-corrected chi connectivity index (χ4v) is 3.51. The molecule has 0 spiro atoms. The molecule has 0 bridgehead atoms. The fraction of sp³-hybridized carbons (Fsp3) is 0.200. The van der Waals surface area contributed by atoms with Crippen LogP contribution in [0.5, 0.6) is 5.75 Å². The second kappa shape index (κ2) is 9.78. The number of carbonyl (C=O) groups excluding carboxylic acids is 1. The number of amides is 1. The number of nitrogens with zero attached hydrogens (tertiary/aromatic N) is 4. The lowest BCUT2D eigenvalue weighted by Gasteiger charge is -2.15. The highest BCUT2D eigenvalue weighted by atomic mass is 19.1. The van der Waals surface area contributed by atoms with Crippen LogP contribution in [0.4, 0.5) is 14.6 Å². The summed E-state index contributed by atoms with van der Waals surface area (Å²) >= 11 is 0. The average molecular weight is 463 g/mol. The van der Waals surface area contributed by atoms with E-state index in [1.54, 1.807) is 44.7 Å². The lowest BCUT2D eigenvalue weighted by molar-refractivity contribution is -0.128. The van der Waals surface area contributed by atoms with Gasteiger partial charge in [-0.2, -0.15) is 0 Å². The van der Waals surface area contributed by atoms with Gasteiger partial charge in [-0.3, -0.25) is 9.78 Å². The van der Waals surface area contributed by atoms with Crippen molar-refractivity contribution >= 4 is 22.6 Å². The highest BCUT2D eigenvalue weighted by Crippen LogP contribution is 2.36. The lowest BCUT2D eigenvalue weighted by atomic mass is 10.0. The van der Waals surface area contributed by atoms with Crippen molar-refractivity contribution in [2.75, 3.05) is 33.1 Å². The number of aromatic nitrogens is 3. The first kappa shape index (κ1) is 23.0. The van der Waals surface area contributed by atoms with E-state index in [0.717, 1.165) is 6.07 Å². The zero-order valence-corrected chi connectivity index (χ0v) is 19.0. The Morgan fingerprint density at radius 2 is 1.76 bits per heavy atom. The van der Waals surface area contributed by atoms with Crippen LogP contribution in [0.15, 0.2) is 54.9 Å². The number of rotatable bonds is 7. The number of methoxy groups -OCH3 is 1. The SMILES string of the molecule is COc1cc(-c2cc(F)cc(F)c2)cc2c(NCCC(=O)N(C)C)nc(-c3cccnc3)nc12. The van der Waals surface area contributed by atoms with Gasteiger partial charge in [0, 0.05) is 56.5 Å². The van der Waals surface area contributed by atoms with Crippen LogP contribution in [0, 0.1) is 11.6 Å². The Morgan fingerprint density at radius 3 is 2.41 bits per heavy atom. The Labute approximate surface area is 195 Å². The van der Waals surface area contributed by atoms with Crippen LogP contribution in [0.1, 0.15) is 6.42 Å². The van der Waals surface area contributed by atoms with Gasteiger partial charge < -0.3 is 15.0 Å². The number of benzene rings is 2. The van der Waals surface area contributed by atoms with Crippen molar-refractivity contribution in [2.45, 2.75) is 6.42 Å². The molecule has 0 aliphatic heterocycles. The topological polar surface area (TPSA) is 80.2 Å². The molecular formula is C25H23F2N5O2. The molecule has 2 aromatic heterocycles. The van der Waals surface area contributed by atoms with E-state index in [4.69, 9.17) is 4.74 Å². The van der Waals surface area contributed by atoms with Gasteiger partial charge in [0.25, 0.3) is 0 Å². The van der Waals surface area contributed by atoms with Gasteiger partial charge in [-0.15, -0.1) is 0 Å². The summed E-state index contributed by atoms with van der Waals surface area (Å²) in [6, 6.07) is 10.4. The molecule has 0 unspecified atom stereocenters. The molecule has 0 saturated carbocycles. The summed E-state index contributed by atoms with van der Waals surface area (Å²) in [5, 5.41) is 3.80. The Hall–Kier alpha value is -4.14. The third kappa shape index (κ3) is 4.93. The standard InChI is InChI=1S/C25H23F2N5O2/c1-32(2)22(33)6-8-29-25-20-11-17(16-9-18(26)13-19(27)10-16)12-21(34-3)23(20)30-24(31-25)15-5-4-7-28-14-15/h4-5,7,9-14H,6,8H2,1-3H3,(H,29,30,31). The molecule has 0 atom stereocenters. The number of hydrogen-bond donors (Lipinski definition) is 1. The molecule has 1 N–H and O–H groups in total. The Balaban J connectivity index is 1.87. The molecule has 1 amide bonds. The van der Waals surface area contributed by atoms with E-state index in [9.17, 15) is 13.6 Å². The average Bonchev–Trinajstić information content (AvgIpc) is 2.83. The molecule has 0 radical (unpaired) electrons. The Bertz CT molecular complexity index is 1330. The number of carbonyl (C=O) groups is 1. The van der Waals surface area contributed by atoms with E-state index >= 15 is 0 Å². The predicted octanol–water partition coefficient (Wildman–Crippen LogP) is 4.54. The first-order valence-electron chi connectivity index (χ1n) is 10.6. The maximum atomic E-state index is 13.9. The summed E-state index contributed by atoms with van der Waals surface area (Å²) in [7, 11) is 4.88. The second-order valence-electron chi connectivity index (χ2n) is 7.84. The zero-order valence-electron chi connectivity index (χ0n) is 19.0. The van der Waals surface area contributed by atoms with Crippen molar-refractivity contribution in [1.29, 1.82) is 0 Å². The summed E-state index contributed by atoms with van der Waals surface area (Å²) in [5.74, 6) is -0.100. The van der Waals surface area contributed by atoms with Crippen molar-refractivity contribution < 1.29 is 18.3 Å². The molecule has 2 heterocycles. The number of hydrogen-bond acceptors (Lipinski definition) is 6. The van der Waals surface area contributed by atoms with Gasteiger partial charge in [-0.25, -0.2) is 18.7 Å². The molecule has 174 valence electrons. The fourth-order valence-electron chi connectivity index (χ4n) is 3.51. The Kier molecular flexibility index (Phi) is 6.62. The quantitative estimate of drug-likeness (QED) is 0.434. The van der Waals surface area contributed by atoms with Crippen LogP contribution >= 0.6 is 0 Å². The normalized spacial score (nSPS) is 10.9. The van der Waals surface area contributed by atoms with Gasteiger partial charge in [0.2, 0.25) is 5.91 Å². The van der Waals surface area contributed by atoms with E-state index < -0.39 is 11.6 Å². The summed E-state index contributed by atoms with van der Waals surface area (Å²) in [5.41, 5.74) is 2.10. The van der Waals surface area contributed by atoms with Crippen LogP contribution in [0.3, 0.4) is 0 Å². The smallest absolute Gasteiger partial charge is 0.223 e. The van der Waals surface area contributed by atoms with Gasteiger partial charge in [0.05, 0.1) is 7.11 Å². The number of ether oxygens (including phenoxy) is 1. The second-order valence-corrected chi connectivity index (χ2v) is 7.84. The van der Waals surface area contributed by atoms with Crippen LogP contribution in [-0.4, -0.2) is 53.5 Å². The number of halogens is 2. The predicted molar refractivity (Wildman–Crippen MR) is 126 cm³/mol. The highest BCUT2D eigenvalue weighted by Gasteiger charge is 2.17. The first-order chi connectivity index (χ1) is 16.4. The summed E-state index contributed by atoms with van der Waals surface area (Å²) < 4.78 is 33.4. The van der Waals surface area contributed by atoms with Gasteiger partial charge in [0.15, 0.2) is 5.82 Å². The molecular weight excluding hydrogens is 440 g/mol. The monoisotopic (exact) mass is 463 g/mol. The number of pyridine rings is 1. The van der Waals surface area contributed by atoms with Gasteiger partial charge in [-0.1, -0.05) is 0 Å². The van der Waals surface area contributed by atoms with E-state index in [1.807, 2.05) is 6.07 Å². The van der Waals surface area contributed by atoms with Crippen LogP contribution in [-0.2, 0) is 4.79 Å². The van der Waals surface area contributed by atoms with Gasteiger partial charge >= 0.3 is 0 Å². The first-order valence-corrected chi connectivity index (χ1v) is 10.6. The third-order valence-corrected chi connectivity index (χ3v) is 5.23.